The number of hydrogen-bond acceptors (Lipinski definition) is 9. The van der Waals surface area contributed by atoms with Gasteiger partial charge in [0.05, 0.1) is 34.0 Å². The van der Waals surface area contributed by atoms with Gasteiger partial charge in [-0.05, 0) is 69.7 Å². The summed E-state index contributed by atoms with van der Waals surface area (Å²) in [6, 6.07) is 12.5. The van der Waals surface area contributed by atoms with E-state index < -0.39 is 23.8 Å². The van der Waals surface area contributed by atoms with Crippen LogP contribution in [-0.2, 0) is 16.1 Å². The number of thiophene rings is 1. The molecule has 0 spiro atoms. The van der Waals surface area contributed by atoms with E-state index in [1.54, 1.807) is 58.0 Å². The number of aromatic nitrogens is 2. The quantitative estimate of drug-likeness (QED) is 0.198. The maximum absolute atomic E-state index is 13.5. The molecular weight excluding hydrogens is 633 g/mol. The average Bonchev–Trinajstić information content (AvgIpc) is 3.59. The molecule has 1 fully saturated rings. The Bertz CT molecular complexity index is 1800. The first-order chi connectivity index (χ1) is 22.0. The molecule has 0 radical (unpaired) electrons. The molecule has 2 N–H and O–H groups in total. The van der Waals surface area contributed by atoms with E-state index in [9.17, 15) is 14.0 Å². The highest BCUT2D eigenvalue weighted by molar-refractivity contribution is 7.19. The Morgan fingerprint density at radius 2 is 2.00 bits per heavy atom. The second-order valence-corrected chi connectivity index (χ2v) is 12.9. The van der Waals surface area contributed by atoms with E-state index >= 15 is 0 Å². The molecule has 2 atom stereocenters. The van der Waals surface area contributed by atoms with Crippen LogP contribution >= 0.6 is 22.9 Å². The maximum Gasteiger partial charge on any atom is 0.411 e. The molecule has 0 unspecified atom stereocenters. The Kier molecular flexibility index (Phi) is 10.1. The molecule has 0 bridgehead atoms. The van der Waals surface area contributed by atoms with Crippen molar-refractivity contribution in [1.29, 1.82) is 0 Å². The summed E-state index contributed by atoms with van der Waals surface area (Å²) in [7, 11) is 0. The largest absolute Gasteiger partial charge is 0.487 e. The summed E-state index contributed by atoms with van der Waals surface area (Å²) in [5.41, 5.74) is 0.688. The topological polar surface area (TPSA) is 115 Å². The maximum atomic E-state index is 13.5. The zero-order valence-corrected chi connectivity index (χ0v) is 27.3. The van der Waals surface area contributed by atoms with Gasteiger partial charge in [0.1, 0.15) is 40.8 Å². The van der Waals surface area contributed by atoms with E-state index in [1.165, 1.54) is 34.7 Å². The van der Waals surface area contributed by atoms with Gasteiger partial charge in [-0.2, -0.15) is 0 Å². The first-order valence-electron chi connectivity index (χ1n) is 14.6. The van der Waals surface area contributed by atoms with E-state index in [2.05, 4.69) is 32.4 Å². The molecule has 0 saturated carbocycles. The smallest absolute Gasteiger partial charge is 0.411 e. The first kappa shape index (κ1) is 32.8. The predicted octanol–water partition coefficient (Wildman–Crippen LogP) is 7.28. The van der Waals surface area contributed by atoms with Crippen LogP contribution in [0.1, 0.15) is 44.6 Å². The number of rotatable bonds is 7. The summed E-state index contributed by atoms with van der Waals surface area (Å²) >= 11 is 7.88. The molecule has 46 heavy (non-hydrogen) atoms. The number of anilines is 2. The predicted molar refractivity (Wildman–Crippen MR) is 175 cm³/mol. The van der Waals surface area contributed by atoms with Gasteiger partial charge in [0.2, 0.25) is 0 Å². The van der Waals surface area contributed by atoms with Crippen LogP contribution in [0, 0.1) is 17.7 Å². The lowest BCUT2D eigenvalue weighted by atomic mass is 10.1. The summed E-state index contributed by atoms with van der Waals surface area (Å²) in [4.78, 5) is 36.8. The second kappa shape index (κ2) is 14.2. The molecule has 2 aromatic heterocycles. The van der Waals surface area contributed by atoms with Gasteiger partial charge in [-0.25, -0.2) is 23.9 Å². The standard InChI is InChI=1S/C33H33ClFN5O5S/c1-5-43-31(41)39-23-14-24(40(17-23)32(42)45-33(2,3)4)10-11-25-16-26-29(36-19-37-30(26)46-25)38-22-9-12-28(27(34)15-22)44-18-20-7-6-8-21(35)13-20/h6-9,12-13,15-16,19,23-24H,5,14,17-18H2,1-4H3,(H,39,41)(H,36,37,38)/t23-,24+/m1/s1. The van der Waals surface area contributed by atoms with Crippen LogP contribution in [0.3, 0.4) is 0 Å². The van der Waals surface area contributed by atoms with Crippen molar-refractivity contribution in [3.63, 3.8) is 0 Å². The minimum atomic E-state index is -0.685. The molecule has 3 heterocycles. The number of amides is 2. The lowest BCUT2D eigenvalue weighted by Gasteiger charge is -2.26. The van der Waals surface area contributed by atoms with Crippen molar-refractivity contribution in [2.45, 2.75) is 58.4 Å². The minimum Gasteiger partial charge on any atom is -0.487 e. The summed E-state index contributed by atoms with van der Waals surface area (Å²) < 4.78 is 29.9. The van der Waals surface area contributed by atoms with Crippen molar-refractivity contribution in [2.75, 3.05) is 18.5 Å². The first-order valence-corrected chi connectivity index (χ1v) is 15.8. The molecule has 1 aliphatic heterocycles. The highest BCUT2D eigenvalue weighted by Gasteiger charge is 2.37. The third-order valence-corrected chi connectivity index (χ3v) is 7.95. The van der Waals surface area contributed by atoms with Gasteiger partial charge in [-0.1, -0.05) is 35.6 Å². The molecule has 13 heteroatoms. The Labute approximate surface area is 275 Å². The Morgan fingerprint density at radius 3 is 2.74 bits per heavy atom. The van der Waals surface area contributed by atoms with Crippen LogP contribution in [-0.4, -0.2) is 57.9 Å². The highest BCUT2D eigenvalue weighted by Crippen LogP contribution is 2.33. The van der Waals surface area contributed by atoms with Gasteiger partial charge < -0.3 is 24.8 Å². The average molecular weight is 666 g/mol. The Morgan fingerprint density at radius 1 is 1.17 bits per heavy atom. The number of benzene rings is 2. The number of halogens is 2. The van der Waals surface area contributed by atoms with E-state index in [-0.39, 0.29) is 31.6 Å². The molecule has 240 valence electrons. The van der Waals surface area contributed by atoms with Crippen LogP contribution in [0.25, 0.3) is 10.2 Å². The summed E-state index contributed by atoms with van der Waals surface area (Å²) in [5.74, 6) is 7.07. The van der Waals surface area contributed by atoms with Crippen molar-refractivity contribution in [3.05, 3.63) is 76.1 Å². The number of nitrogens with one attached hydrogen (secondary N) is 2. The molecule has 2 aromatic carbocycles. The Hall–Kier alpha value is -4.60. The number of fused-ring (bicyclic) bond motifs is 1. The molecule has 5 rings (SSSR count). The van der Waals surface area contributed by atoms with Crippen LogP contribution in [0.15, 0.2) is 54.9 Å². The number of hydrogen-bond donors (Lipinski definition) is 2. The lowest BCUT2D eigenvalue weighted by Crippen LogP contribution is -2.41. The number of alkyl carbamates (subject to hydrolysis) is 1. The molecular formula is C33H33ClFN5O5S. The number of ether oxygens (including phenoxy) is 3. The summed E-state index contributed by atoms with van der Waals surface area (Å²) in [6.45, 7) is 7.78. The van der Waals surface area contributed by atoms with Gasteiger partial charge in [-0.15, -0.1) is 11.3 Å². The molecule has 2 amide bonds. The minimum absolute atomic E-state index is 0.175. The molecule has 0 aliphatic carbocycles. The normalized spacial score (nSPS) is 16.0. The van der Waals surface area contributed by atoms with E-state index in [0.29, 0.717) is 34.3 Å². The number of carbonyl (C=O) groups is 2. The van der Waals surface area contributed by atoms with Gasteiger partial charge in [0.25, 0.3) is 0 Å². The summed E-state index contributed by atoms with van der Waals surface area (Å²) in [5, 5.41) is 7.22. The monoisotopic (exact) mass is 665 g/mol. The van der Waals surface area contributed by atoms with Crippen LogP contribution in [0.4, 0.5) is 25.5 Å². The van der Waals surface area contributed by atoms with Crippen molar-refractivity contribution in [1.82, 2.24) is 20.2 Å². The van der Waals surface area contributed by atoms with Gasteiger partial charge in [-0.3, -0.25) is 4.90 Å². The van der Waals surface area contributed by atoms with Crippen LogP contribution in [0.5, 0.6) is 5.75 Å². The fraction of sp³-hybridized carbons (Fsp3) is 0.333. The Balaban J connectivity index is 1.31. The third kappa shape index (κ3) is 8.56. The van der Waals surface area contributed by atoms with Crippen LogP contribution in [0.2, 0.25) is 5.02 Å². The lowest BCUT2D eigenvalue weighted by molar-refractivity contribution is 0.0256. The third-order valence-electron chi connectivity index (χ3n) is 6.70. The van der Waals surface area contributed by atoms with Gasteiger partial charge in [0.15, 0.2) is 0 Å². The van der Waals surface area contributed by atoms with Crippen LogP contribution < -0.4 is 15.4 Å². The van der Waals surface area contributed by atoms with Gasteiger partial charge in [0, 0.05) is 18.7 Å². The van der Waals surface area contributed by atoms with E-state index in [0.717, 1.165) is 15.1 Å². The fourth-order valence-electron chi connectivity index (χ4n) is 4.73. The SMILES string of the molecule is CCOC(=O)N[C@@H]1C[C@H](C#Cc2cc3c(Nc4ccc(OCc5cccc(F)c5)c(Cl)c4)ncnc3s2)N(C(=O)OC(C)(C)C)C1. The summed E-state index contributed by atoms with van der Waals surface area (Å²) in [6.07, 6.45) is 0.840. The zero-order chi connectivity index (χ0) is 32.8. The van der Waals surface area contributed by atoms with Crippen molar-refractivity contribution >= 4 is 56.8 Å². The van der Waals surface area contributed by atoms with E-state index in [1.807, 2.05) is 6.07 Å². The van der Waals surface area contributed by atoms with Crippen molar-refractivity contribution in [3.8, 4) is 17.6 Å². The van der Waals surface area contributed by atoms with E-state index in [4.69, 9.17) is 25.8 Å². The fourth-order valence-corrected chi connectivity index (χ4v) is 5.83. The molecule has 4 aromatic rings. The van der Waals surface area contributed by atoms with Crippen molar-refractivity contribution < 1.29 is 28.2 Å². The second-order valence-electron chi connectivity index (χ2n) is 11.5. The number of carbonyl (C=O) groups excluding carboxylic acids is 2. The number of nitrogens with zero attached hydrogens (tertiary/aromatic N) is 3. The molecule has 1 aliphatic rings. The van der Waals surface area contributed by atoms with Gasteiger partial charge >= 0.3 is 12.2 Å². The molecule has 10 nitrogen and oxygen atoms in total. The molecule has 1 saturated heterocycles. The zero-order valence-electron chi connectivity index (χ0n) is 25.7. The van der Waals surface area contributed by atoms with Crippen molar-refractivity contribution in [2.24, 2.45) is 0 Å². The number of likely N-dealkylation sites (tertiary alicyclic amines) is 1. The highest BCUT2D eigenvalue weighted by atomic mass is 35.5.